The summed E-state index contributed by atoms with van der Waals surface area (Å²) in [5.41, 5.74) is 0.0637. The van der Waals surface area contributed by atoms with Crippen LogP contribution < -0.4 is 21.1 Å². The van der Waals surface area contributed by atoms with E-state index in [0.29, 0.717) is 16.7 Å². The molecule has 2 amide bonds. The second-order valence-electron chi connectivity index (χ2n) is 7.12. The monoisotopic (exact) mass is 435 g/mol. The molecule has 1 fully saturated rings. The number of carbonyl (C=O) groups is 2. The summed E-state index contributed by atoms with van der Waals surface area (Å²) in [6, 6.07) is 4.65. The van der Waals surface area contributed by atoms with Crippen molar-refractivity contribution in [2.24, 2.45) is 0 Å². The lowest BCUT2D eigenvalue weighted by atomic mass is 9.92. The number of nitrogens with one attached hydrogen (secondary N) is 3. The molecule has 0 aliphatic carbocycles. The molecular formula is C19H19Cl2N5O3. The van der Waals surface area contributed by atoms with Gasteiger partial charge in [-0.15, -0.1) is 0 Å². The number of rotatable bonds is 3. The Labute approximate surface area is 176 Å². The molecule has 0 radical (unpaired) electrons. The Kier molecular flexibility index (Phi) is 5.47. The summed E-state index contributed by atoms with van der Waals surface area (Å²) < 4.78 is 0. The second kappa shape index (κ2) is 8.04. The Morgan fingerprint density at radius 2 is 1.93 bits per heavy atom. The molecule has 3 heterocycles. The fourth-order valence-corrected chi connectivity index (χ4v) is 4.11. The van der Waals surface area contributed by atoms with Crippen molar-refractivity contribution in [3.05, 3.63) is 44.2 Å². The van der Waals surface area contributed by atoms with Gasteiger partial charge in [0.05, 0.1) is 22.2 Å². The van der Waals surface area contributed by atoms with E-state index in [1.807, 2.05) is 4.90 Å². The molecule has 1 aromatic carbocycles. The van der Waals surface area contributed by atoms with Crippen LogP contribution in [0.15, 0.2) is 23.0 Å². The van der Waals surface area contributed by atoms with Crippen molar-refractivity contribution >= 4 is 52.5 Å². The first-order chi connectivity index (χ1) is 13.9. The number of H-pyrrole nitrogens is 1. The van der Waals surface area contributed by atoms with Crippen molar-refractivity contribution in [1.29, 1.82) is 0 Å². The molecule has 2 aromatic rings. The van der Waals surface area contributed by atoms with Crippen molar-refractivity contribution in [2.45, 2.75) is 31.6 Å². The zero-order valence-corrected chi connectivity index (χ0v) is 16.9. The number of carbonyl (C=O) groups excluding carboxylic acids is 2. The molecule has 0 spiro atoms. The highest BCUT2D eigenvalue weighted by Gasteiger charge is 2.35. The van der Waals surface area contributed by atoms with Crippen molar-refractivity contribution < 1.29 is 9.59 Å². The lowest BCUT2D eigenvalue weighted by Gasteiger charge is -2.29. The highest BCUT2D eigenvalue weighted by atomic mass is 35.5. The number of nitrogens with zero attached hydrogens (tertiary/aromatic N) is 2. The highest BCUT2D eigenvalue weighted by molar-refractivity contribution is 6.36. The van der Waals surface area contributed by atoms with Gasteiger partial charge in [-0.3, -0.25) is 19.4 Å². The number of fused-ring (bicyclic) bond motifs is 1. The molecule has 8 nitrogen and oxygen atoms in total. The van der Waals surface area contributed by atoms with Crippen LogP contribution in [0.5, 0.6) is 0 Å². The molecule has 152 valence electrons. The number of hydrogen-bond acceptors (Lipinski definition) is 5. The molecule has 0 unspecified atom stereocenters. The zero-order valence-electron chi connectivity index (χ0n) is 15.4. The van der Waals surface area contributed by atoms with Crippen molar-refractivity contribution in [3.8, 4) is 0 Å². The van der Waals surface area contributed by atoms with Crippen LogP contribution in [0.1, 0.15) is 37.2 Å². The predicted molar refractivity (Wildman–Crippen MR) is 112 cm³/mol. The second-order valence-corrected chi connectivity index (χ2v) is 7.96. The molecule has 2 aliphatic heterocycles. The minimum Gasteiger partial charge on any atom is -0.342 e. The van der Waals surface area contributed by atoms with Gasteiger partial charge in [0.2, 0.25) is 17.8 Å². The number of hydrogen-bond donors (Lipinski definition) is 3. The minimum atomic E-state index is -0.975. The highest BCUT2D eigenvalue weighted by Crippen LogP contribution is 2.32. The number of anilines is 3. The summed E-state index contributed by atoms with van der Waals surface area (Å²) in [4.78, 5) is 47.1. The van der Waals surface area contributed by atoms with E-state index in [4.69, 9.17) is 23.2 Å². The van der Waals surface area contributed by atoms with Crippen LogP contribution in [-0.4, -0.2) is 34.9 Å². The summed E-state index contributed by atoms with van der Waals surface area (Å²) in [7, 11) is 0. The normalized spacial score (nSPS) is 18.8. The zero-order chi connectivity index (χ0) is 20.5. The Morgan fingerprint density at radius 3 is 2.66 bits per heavy atom. The lowest BCUT2D eigenvalue weighted by Crippen LogP contribution is -2.38. The maximum atomic E-state index is 12.9. The summed E-state index contributed by atoms with van der Waals surface area (Å²) in [6.07, 6.45) is 3.01. The molecule has 4 rings (SSSR count). The summed E-state index contributed by atoms with van der Waals surface area (Å²) >= 11 is 12.0. The van der Waals surface area contributed by atoms with Crippen molar-refractivity contribution in [2.75, 3.05) is 28.6 Å². The number of amides is 2. The van der Waals surface area contributed by atoms with E-state index in [1.165, 1.54) is 6.07 Å². The van der Waals surface area contributed by atoms with E-state index in [-0.39, 0.29) is 28.7 Å². The first-order valence-corrected chi connectivity index (χ1v) is 10.1. The molecule has 1 saturated heterocycles. The number of halogens is 2. The van der Waals surface area contributed by atoms with Gasteiger partial charge in [-0.1, -0.05) is 23.2 Å². The summed E-state index contributed by atoms with van der Waals surface area (Å²) in [5.74, 6) is -1.31. The standard InChI is InChI=1S/C19H19Cl2N5O3/c20-10-4-5-13(12(21)8-10)22-17(28)11-9-14(27)23-16-15(11)18(29)25-19(24-16)26-6-2-1-3-7-26/h4-5,8,11H,1-3,6-7,9H2,(H,22,28)(H2,23,24,25,27,29)/t11-/m0/s1. The van der Waals surface area contributed by atoms with Crippen LogP contribution in [0.4, 0.5) is 17.5 Å². The molecular weight excluding hydrogens is 417 g/mol. The maximum absolute atomic E-state index is 12.9. The fourth-order valence-electron chi connectivity index (χ4n) is 3.65. The molecule has 0 saturated carbocycles. The average molecular weight is 436 g/mol. The van der Waals surface area contributed by atoms with Gasteiger partial charge in [0.15, 0.2) is 0 Å². The molecule has 10 heteroatoms. The maximum Gasteiger partial charge on any atom is 0.258 e. The van der Waals surface area contributed by atoms with Crippen LogP contribution in [0.3, 0.4) is 0 Å². The predicted octanol–water partition coefficient (Wildman–Crippen LogP) is 3.13. The number of piperidine rings is 1. The number of benzene rings is 1. The molecule has 1 atom stereocenters. The van der Waals surface area contributed by atoms with Crippen LogP contribution >= 0.6 is 23.2 Å². The van der Waals surface area contributed by atoms with Gasteiger partial charge in [-0.2, -0.15) is 4.98 Å². The quantitative estimate of drug-likeness (QED) is 0.686. The first kappa shape index (κ1) is 19.7. The number of aromatic nitrogens is 2. The third kappa shape index (κ3) is 4.09. The molecule has 29 heavy (non-hydrogen) atoms. The van der Waals surface area contributed by atoms with E-state index in [9.17, 15) is 14.4 Å². The van der Waals surface area contributed by atoms with E-state index < -0.39 is 17.4 Å². The Bertz CT molecular complexity index is 1030. The van der Waals surface area contributed by atoms with E-state index in [2.05, 4.69) is 20.6 Å². The van der Waals surface area contributed by atoms with Crippen LogP contribution in [-0.2, 0) is 9.59 Å². The molecule has 2 aliphatic rings. The van der Waals surface area contributed by atoms with Gasteiger partial charge < -0.3 is 15.5 Å². The van der Waals surface area contributed by atoms with Crippen LogP contribution in [0.25, 0.3) is 0 Å². The smallest absolute Gasteiger partial charge is 0.258 e. The first-order valence-electron chi connectivity index (χ1n) is 9.37. The fraction of sp³-hybridized carbons (Fsp3) is 0.368. The molecule has 0 bridgehead atoms. The summed E-state index contributed by atoms with van der Waals surface area (Å²) in [6.45, 7) is 1.57. The largest absolute Gasteiger partial charge is 0.342 e. The van der Waals surface area contributed by atoms with Gasteiger partial charge in [0.25, 0.3) is 5.56 Å². The van der Waals surface area contributed by atoms with Gasteiger partial charge >= 0.3 is 0 Å². The third-order valence-electron chi connectivity index (χ3n) is 5.10. The Morgan fingerprint density at radius 1 is 1.17 bits per heavy atom. The topological polar surface area (TPSA) is 107 Å². The van der Waals surface area contributed by atoms with E-state index >= 15 is 0 Å². The van der Waals surface area contributed by atoms with Gasteiger partial charge in [0, 0.05) is 24.5 Å². The van der Waals surface area contributed by atoms with Gasteiger partial charge in [-0.05, 0) is 37.5 Å². The SMILES string of the molecule is O=C1C[C@H](C(=O)Nc2ccc(Cl)cc2Cl)c2c(nc(N3CCCCC3)[nH]c2=O)N1. The van der Waals surface area contributed by atoms with Crippen molar-refractivity contribution in [1.82, 2.24) is 9.97 Å². The Hall–Kier alpha value is -2.58. The average Bonchev–Trinajstić information content (AvgIpc) is 2.69. The molecule has 3 N–H and O–H groups in total. The van der Waals surface area contributed by atoms with Crippen molar-refractivity contribution in [3.63, 3.8) is 0 Å². The van der Waals surface area contributed by atoms with Crippen LogP contribution in [0.2, 0.25) is 10.0 Å². The third-order valence-corrected chi connectivity index (χ3v) is 5.65. The summed E-state index contributed by atoms with van der Waals surface area (Å²) in [5, 5.41) is 6.00. The van der Waals surface area contributed by atoms with E-state index in [0.717, 1.165) is 32.4 Å². The Balaban J connectivity index is 1.65. The lowest BCUT2D eigenvalue weighted by molar-refractivity contribution is -0.123. The van der Waals surface area contributed by atoms with Crippen LogP contribution in [0, 0.1) is 0 Å². The van der Waals surface area contributed by atoms with E-state index in [1.54, 1.807) is 12.1 Å². The minimum absolute atomic E-state index is 0.132. The molecule has 1 aromatic heterocycles. The van der Waals surface area contributed by atoms with Gasteiger partial charge in [-0.25, -0.2) is 0 Å². The number of aromatic amines is 1. The van der Waals surface area contributed by atoms with Gasteiger partial charge in [0.1, 0.15) is 5.82 Å².